The molecule has 2 atom stereocenters. The summed E-state index contributed by atoms with van der Waals surface area (Å²) in [7, 11) is 0. The van der Waals surface area contributed by atoms with E-state index < -0.39 is 0 Å². The zero-order valence-electron chi connectivity index (χ0n) is 8.47. The lowest BCUT2D eigenvalue weighted by atomic mass is 10.0. The lowest BCUT2D eigenvalue weighted by molar-refractivity contribution is -0.0193. The maximum atomic E-state index is 5.84. The molecule has 2 unspecified atom stereocenters. The van der Waals surface area contributed by atoms with E-state index in [2.05, 4.69) is 20.8 Å². The first-order valence-electron chi connectivity index (χ1n) is 4.93. The molecule has 0 amide bonds. The molecule has 0 aromatic heterocycles. The number of ether oxygens (including phenoxy) is 1. The Balaban J connectivity index is 2.20. The van der Waals surface area contributed by atoms with E-state index >= 15 is 0 Å². The maximum Gasteiger partial charge on any atom is 0.0631 e. The van der Waals surface area contributed by atoms with Crippen LogP contribution < -0.4 is 5.73 Å². The molecule has 0 bridgehead atoms. The number of hydrogen-bond acceptors (Lipinski definition) is 2. The number of nitrogens with two attached hydrogens (primary N) is 1. The average molecular weight is 171 g/mol. The van der Waals surface area contributed by atoms with Crippen molar-refractivity contribution in [3.63, 3.8) is 0 Å². The third-order valence-electron chi connectivity index (χ3n) is 2.50. The first-order valence-corrected chi connectivity index (χ1v) is 4.93. The van der Waals surface area contributed by atoms with Gasteiger partial charge in [0.2, 0.25) is 0 Å². The van der Waals surface area contributed by atoms with E-state index in [0.717, 1.165) is 12.8 Å². The zero-order chi connectivity index (χ0) is 9.19. The van der Waals surface area contributed by atoms with Gasteiger partial charge in [-0.05, 0) is 46.5 Å². The summed E-state index contributed by atoms with van der Waals surface area (Å²) in [5, 5.41) is 0. The normalized spacial score (nSPS) is 30.5. The summed E-state index contributed by atoms with van der Waals surface area (Å²) < 4.78 is 5.84. The van der Waals surface area contributed by atoms with Crippen LogP contribution in [0.25, 0.3) is 0 Å². The molecule has 0 aromatic rings. The molecule has 0 aromatic carbocycles. The van der Waals surface area contributed by atoms with Gasteiger partial charge >= 0.3 is 0 Å². The highest BCUT2D eigenvalue weighted by Gasteiger charge is 2.31. The Labute approximate surface area is 75.5 Å². The number of rotatable bonds is 3. The molecule has 72 valence electrons. The molecule has 1 saturated heterocycles. The fourth-order valence-corrected chi connectivity index (χ4v) is 1.73. The van der Waals surface area contributed by atoms with Gasteiger partial charge in [-0.15, -0.1) is 0 Å². The van der Waals surface area contributed by atoms with Gasteiger partial charge in [0.15, 0.2) is 0 Å². The van der Waals surface area contributed by atoms with Gasteiger partial charge in [0.25, 0.3) is 0 Å². The Hall–Kier alpha value is -0.0800. The first kappa shape index (κ1) is 10.0. The van der Waals surface area contributed by atoms with Crippen LogP contribution in [0.4, 0.5) is 0 Å². The molecule has 2 heteroatoms. The highest BCUT2D eigenvalue weighted by atomic mass is 16.5. The third kappa shape index (κ3) is 3.11. The van der Waals surface area contributed by atoms with E-state index in [4.69, 9.17) is 10.5 Å². The van der Waals surface area contributed by atoms with Gasteiger partial charge in [0.05, 0.1) is 11.7 Å². The van der Waals surface area contributed by atoms with Gasteiger partial charge in [-0.2, -0.15) is 0 Å². The standard InChI is InChI=1S/C10H21NO/c1-8(11)4-5-9-6-7-10(2,3)12-9/h8-9H,4-7,11H2,1-3H3. The summed E-state index contributed by atoms with van der Waals surface area (Å²) in [4.78, 5) is 0. The van der Waals surface area contributed by atoms with E-state index in [1.807, 2.05) is 0 Å². The van der Waals surface area contributed by atoms with Crippen LogP contribution in [-0.2, 0) is 4.74 Å². The monoisotopic (exact) mass is 171 g/mol. The van der Waals surface area contributed by atoms with Crippen LogP contribution in [-0.4, -0.2) is 17.7 Å². The SMILES string of the molecule is CC(N)CCC1CCC(C)(C)O1. The van der Waals surface area contributed by atoms with Crippen molar-refractivity contribution in [1.82, 2.24) is 0 Å². The van der Waals surface area contributed by atoms with E-state index in [-0.39, 0.29) is 5.60 Å². The minimum Gasteiger partial charge on any atom is -0.372 e. The highest BCUT2D eigenvalue weighted by molar-refractivity contribution is 4.81. The molecule has 2 N–H and O–H groups in total. The largest absolute Gasteiger partial charge is 0.372 e. The summed E-state index contributed by atoms with van der Waals surface area (Å²) >= 11 is 0. The summed E-state index contributed by atoms with van der Waals surface area (Å²) in [6, 6.07) is 0.317. The van der Waals surface area contributed by atoms with Crippen molar-refractivity contribution >= 4 is 0 Å². The zero-order valence-corrected chi connectivity index (χ0v) is 8.47. The first-order chi connectivity index (χ1) is 5.49. The molecule has 0 radical (unpaired) electrons. The maximum absolute atomic E-state index is 5.84. The highest BCUT2D eigenvalue weighted by Crippen LogP contribution is 2.31. The summed E-state index contributed by atoms with van der Waals surface area (Å²) in [5.41, 5.74) is 5.80. The summed E-state index contributed by atoms with van der Waals surface area (Å²) in [6.07, 6.45) is 5.07. The lowest BCUT2D eigenvalue weighted by Crippen LogP contribution is -2.22. The molecule has 1 aliphatic heterocycles. The van der Waals surface area contributed by atoms with Gasteiger partial charge in [-0.3, -0.25) is 0 Å². The molecular weight excluding hydrogens is 150 g/mol. The van der Waals surface area contributed by atoms with E-state index in [1.165, 1.54) is 12.8 Å². The van der Waals surface area contributed by atoms with Crippen molar-refractivity contribution in [2.75, 3.05) is 0 Å². The van der Waals surface area contributed by atoms with Crippen molar-refractivity contribution in [3.05, 3.63) is 0 Å². The van der Waals surface area contributed by atoms with Crippen LogP contribution in [0.1, 0.15) is 46.5 Å². The molecule has 0 spiro atoms. The molecule has 0 aliphatic carbocycles. The lowest BCUT2D eigenvalue weighted by Gasteiger charge is -2.19. The van der Waals surface area contributed by atoms with Crippen LogP contribution in [0.2, 0.25) is 0 Å². The quantitative estimate of drug-likeness (QED) is 0.705. The Kier molecular flexibility index (Phi) is 3.13. The third-order valence-corrected chi connectivity index (χ3v) is 2.50. The summed E-state index contributed by atoms with van der Waals surface area (Å²) in [6.45, 7) is 6.39. The van der Waals surface area contributed by atoms with Crippen molar-refractivity contribution < 1.29 is 4.74 Å². The van der Waals surface area contributed by atoms with Crippen LogP contribution in [0.3, 0.4) is 0 Å². The Morgan fingerprint density at radius 1 is 1.58 bits per heavy atom. The average Bonchev–Trinajstić information content (AvgIpc) is 2.26. The van der Waals surface area contributed by atoms with Crippen molar-refractivity contribution in [2.45, 2.75) is 64.2 Å². The molecule has 1 fully saturated rings. The fraction of sp³-hybridized carbons (Fsp3) is 1.00. The Bertz CT molecular complexity index is 143. The van der Waals surface area contributed by atoms with Crippen molar-refractivity contribution in [2.24, 2.45) is 5.73 Å². The molecule has 1 rings (SSSR count). The summed E-state index contributed by atoms with van der Waals surface area (Å²) in [5.74, 6) is 0. The predicted molar refractivity (Wildman–Crippen MR) is 51.1 cm³/mol. The van der Waals surface area contributed by atoms with Gasteiger partial charge in [0.1, 0.15) is 0 Å². The minimum atomic E-state index is 0.114. The molecule has 1 aliphatic rings. The second-order valence-electron chi connectivity index (χ2n) is 4.59. The molecule has 1 heterocycles. The topological polar surface area (TPSA) is 35.2 Å². The minimum absolute atomic E-state index is 0.114. The fourth-order valence-electron chi connectivity index (χ4n) is 1.73. The van der Waals surface area contributed by atoms with Crippen LogP contribution in [0.15, 0.2) is 0 Å². The van der Waals surface area contributed by atoms with Gasteiger partial charge in [0, 0.05) is 6.04 Å². The van der Waals surface area contributed by atoms with Gasteiger partial charge in [-0.1, -0.05) is 0 Å². The molecule has 0 saturated carbocycles. The van der Waals surface area contributed by atoms with Crippen molar-refractivity contribution in [1.29, 1.82) is 0 Å². The van der Waals surface area contributed by atoms with Crippen LogP contribution in [0.5, 0.6) is 0 Å². The second-order valence-corrected chi connectivity index (χ2v) is 4.59. The number of hydrogen-bond donors (Lipinski definition) is 1. The van der Waals surface area contributed by atoms with E-state index in [9.17, 15) is 0 Å². The molecular formula is C10H21NO. The van der Waals surface area contributed by atoms with E-state index in [0.29, 0.717) is 12.1 Å². The Morgan fingerprint density at radius 3 is 2.67 bits per heavy atom. The van der Waals surface area contributed by atoms with E-state index in [1.54, 1.807) is 0 Å². The van der Waals surface area contributed by atoms with Crippen molar-refractivity contribution in [3.8, 4) is 0 Å². The smallest absolute Gasteiger partial charge is 0.0631 e. The molecule has 2 nitrogen and oxygen atoms in total. The Morgan fingerprint density at radius 2 is 2.25 bits per heavy atom. The van der Waals surface area contributed by atoms with Gasteiger partial charge < -0.3 is 10.5 Å². The van der Waals surface area contributed by atoms with Gasteiger partial charge in [-0.25, -0.2) is 0 Å². The predicted octanol–water partition coefficient (Wildman–Crippen LogP) is 2.07. The second kappa shape index (κ2) is 3.75. The van der Waals surface area contributed by atoms with Crippen LogP contribution in [0, 0.1) is 0 Å². The van der Waals surface area contributed by atoms with Crippen LogP contribution >= 0.6 is 0 Å². The molecule has 12 heavy (non-hydrogen) atoms.